The fraction of sp³-hybridized carbons (Fsp3) is 0.600. The Bertz CT molecular complexity index is 544. The van der Waals surface area contributed by atoms with Crippen molar-refractivity contribution in [3.63, 3.8) is 0 Å². The summed E-state index contributed by atoms with van der Waals surface area (Å²) in [5.41, 5.74) is 0.0711. The lowest BCUT2D eigenvalue weighted by molar-refractivity contribution is 0.0584. The average Bonchev–Trinajstić information content (AvgIpc) is 2.50. The molecule has 0 radical (unpaired) electrons. The smallest absolute Gasteiger partial charge is 0.266 e. The zero-order valence-corrected chi connectivity index (χ0v) is 13.0. The number of carbonyl (C=O) groups is 1. The number of piperidine rings is 1. The normalized spacial score (nSPS) is 18.8. The van der Waals surface area contributed by atoms with E-state index in [4.69, 9.17) is 16.3 Å². The molecule has 1 aromatic heterocycles. The van der Waals surface area contributed by atoms with Crippen LogP contribution >= 0.6 is 11.6 Å². The maximum Gasteiger partial charge on any atom is 0.266 e. The van der Waals surface area contributed by atoms with E-state index in [2.05, 4.69) is 4.98 Å². The van der Waals surface area contributed by atoms with Gasteiger partial charge in [-0.1, -0.05) is 11.6 Å². The minimum atomic E-state index is -0.372. The summed E-state index contributed by atoms with van der Waals surface area (Å²) in [7, 11) is 1.69. The summed E-state index contributed by atoms with van der Waals surface area (Å²) in [6.45, 7) is 1.47. The molecular formula is C15H21ClN2O3. The molecule has 2 heterocycles. The van der Waals surface area contributed by atoms with Crippen LogP contribution in [0.25, 0.3) is 0 Å². The van der Waals surface area contributed by atoms with Gasteiger partial charge in [-0.25, -0.2) is 0 Å². The highest BCUT2D eigenvalue weighted by molar-refractivity contribution is 6.30. The molecule has 116 valence electrons. The second-order valence-electron chi connectivity index (χ2n) is 5.35. The molecule has 0 saturated carbocycles. The van der Waals surface area contributed by atoms with Gasteiger partial charge in [0, 0.05) is 32.5 Å². The zero-order chi connectivity index (χ0) is 15.2. The number of rotatable bonds is 5. The summed E-state index contributed by atoms with van der Waals surface area (Å²) in [5.74, 6) is -0.0599. The Morgan fingerprint density at radius 2 is 2.33 bits per heavy atom. The molecule has 0 unspecified atom stereocenters. The molecule has 1 aliphatic heterocycles. The minimum absolute atomic E-state index is 0.0498. The van der Waals surface area contributed by atoms with Gasteiger partial charge in [-0.3, -0.25) is 9.59 Å². The molecule has 1 saturated heterocycles. The first-order valence-electron chi connectivity index (χ1n) is 7.31. The Balaban J connectivity index is 2.10. The molecule has 5 nitrogen and oxygen atoms in total. The van der Waals surface area contributed by atoms with Crippen LogP contribution in [0, 0.1) is 0 Å². The van der Waals surface area contributed by atoms with Gasteiger partial charge in [0.05, 0.1) is 5.56 Å². The van der Waals surface area contributed by atoms with Crippen LogP contribution in [0.4, 0.5) is 0 Å². The van der Waals surface area contributed by atoms with Gasteiger partial charge in [0.25, 0.3) is 11.5 Å². The highest BCUT2D eigenvalue weighted by Crippen LogP contribution is 2.23. The first kappa shape index (κ1) is 16.0. The van der Waals surface area contributed by atoms with Crippen molar-refractivity contribution in [2.24, 2.45) is 0 Å². The van der Waals surface area contributed by atoms with Crippen LogP contribution < -0.4 is 5.56 Å². The van der Waals surface area contributed by atoms with Crippen LogP contribution in [0.3, 0.4) is 0 Å². The Morgan fingerprint density at radius 1 is 1.52 bits per heavy atom. The van der Waals surface area contributed by atoms with Gasteiger partial charge >= 0.3 is 0 Å². The van der Waals surface area contributed by atoms with Crippen LogP contribution in [-0.4, -0.2) is 42.1 Å². The van der Waals surface area contributed by atoms with Gasteiger partial charge in [-0.15, -0.1) is 0 Å². The highest BCUT2D eigenvalue weighted by atomic mass is 35.5. The van der Waals surface area contributed by atoms with Gasteiger partial charge < -0.3 is 14.6 Å². The third-order valence-corrected chi connectivity index (χ3v) is 4.16. The molecule has 0 aromatic carbocycles. The summed E-state index contributed by atoms with van der Waals surface area (Å²) < 4.78 is 5.08. The Labute approximate surface area is 129 Å². The lowest BCUT2D eigenvalue weighted by Crippen LogP contribution is -2.44. The van der Waals surface area contributed by atoms with Crippen LogP contribution in [0.5, 0.6) is 0 Å². The fourth-order valence-corrected chi connectivity index (χ4v) is 2.95. The van der Waals surface area contributed by atoms with E-state index in [9.17, 15) is 9.59 Å². The maximum absolute atomic E-state index is 12.6. The van der Waals surface area contributed by atoms with Gasteiger partial charge in [0.2, 0.25) is 0 Å². The lowest BCUT2D eigenvalue weighted by Gasteiger charge is -2.36. The summed E-state index contributed by atoms with van der Waals surface area (Å²) in [6.07, 6.45) is 6.51. The number of nitrogens with one attached hydrogen (secondary N) is 1. The molecule has 1 N–H and O–H groups in total. The van der Waals surface area contributed by atoms with Crippen molar-refractivity contribution in [2.75, 3.05) is 20.3 Å². The quantitative estimate of drug-likeness (QED) is 0.849. The number of hydrogen-bond acceptors (Lipinski definition) is 3. The number of aromatic nitrogens is 1. The van der Waals surface area contributed by atoms with E-state index in [-0.39, 0.29) is 22.5 Å². The molecule has 0 aliphatic carbocycles. The molecular weight excluding hydrogens is 292 g/mol. The number of halogens is 1. The minimum Gasteiger partial charge on any atom is -0.385 e. The van der Waals surface area contributed by atoms with E-state index in [1.54, 1.807) is 7.11 Å². The molecule has 1 fully saturated rings. The summed E-state index contributed by atoms with van der Waals surface area (Å²) in [5, 5.41) is 0.0498. The highest BCUT2D eigenvalue weighted by Gasteiger charge is 2.27. The number of aromatic amines is 1. The summed E-state index contributed by atoms with van der Waals surface area (Å²) in [4.78, 5) is 28.3. The monoisotopic (exact) mass is 312 g/mol. The fourth-order valence-electron chi connectivity index (χ4n) is 2.78. The molecule has 0 spiro atoms. The van der Waals surface area contributed by atoms with E-state index in [0.717, 1.165) is 38.6 Å². The van der Waals surface area contributed by atoms with Gasteiger partial charge in [0.1, 0.15) is 5.02 Å². The number of hydrogen-bond donors (Lipinski definition) is 1. The van der Waals surface area contributed by atoms with Crippen molar-refractivity contribution >= 4 is 17.5 Å². The van der Waals surface area contributed by atoms with Crippen molar-refractivity contribution < 1.29 is 9.53 Å². The number of nitrogens with zero attached hydrogens (tertiary/aromatic N) is 1. The van der Waals surface area contributed by atoms with Crippen molar-refractivity contribution in [2.45, 2.75) is 38.1 Å². The number of carbonyl (C=O) groups excluding carboxylic acids is 1. The molecule has 2 rings (SSSR count). The van der Waals surface area contributed by atoms with Gasteiger partial charge in [-0.05, 0) is 38.2 Å². The topological polar surface area (TPSA) is 62.4 Å². The number of methoxy groups -OCH3 is 1. The number of pyridine rings is 1. The van der Waals surface area contributed by atoms with E-state index in [0.29, 0.717) is 12.2 Å². The van der Waals surface area contributed by atoms with Crippen LogP contribution in [0.15, 0.2) is 17.1 Å². The second kappa shape index (κ2) is 7.61. The van der Waals surface area contributed by atoms with Crippen LogP contribution in [0.2, 0.25) is 5.02 Å². The number of likely N-dealkylation sites (tertiary alicyclic amines) is 1. The average molecular weight is 313 g/mol. The number of amides is 1. The van der Waals surface area contributed by atoms with Crippen molar-refractivity contribution in [1.82, 2.24) is 9.88 Å². The van der Waals surface area contributed by atoms with E-state index in [1.807, 2.05) is 4.90 Å². The molecule has 1 aromatic rings. The number of H-pyrrole nitrogens is 1. The van der Waals surface area contributed by atoms with Gasteiger partial charge in [0.15, 0.2) is 0 Å². The van der Waals surface area contributed by atoms with E-state index < -0.39 is 0 Å². The van der Waals surface area contributed by atoms with Gasteiger partial charge in [-0.2, -0.15) is 0 Å². The summed E-state index contributed by atoms with van der Waals surface area (Å²) >= 11 is 5.80. The van der Waals surface area contributed by atoms with E-state index in [1.165, 1.54) is 12.3 Å². The molecule has 1 amide bonds. The standard InChI is InChI=1S/C15H21ClN2O3/c1-21-8-4-6-12-5-2-3-7-18(12)15(20)11-9-13(16)14(19)17-10-11/h9-10,12H,2-8H2,1H3,(H,17,19)/t12-/m1/s1. The molecule has 1 aliphatic rings. The Kier molecular flexibility index (Phi) is 5.82. The SMILES string of the molecule is COCCC[C@H]1CCCCN1C(=O)c1c[nH]c(=O)c(Cl)c1. The van der Waals surface area contributed by atoms with Crippen LogP contribution in [-0.2, 0) is 4.74 Å². The third-order valence-electron chi connectivity index (χ3n) is 3.88. The van der Waals surface area contributed by atoms with Crippen molar-refractivity contribution in [3.05, 3.63) is 33.2 Å². The largest absolute Gasteiger partial charge is 0.385 e. The first-order valence-corrected chi connectivity index (χ1v) is 7.69. The predicted octanol–water partition coefficient (Wildman–Crippen LogP) is 2.45. The molecule has 0 bridgehead atoms. The number of ether oxygens (including phenoxy) is 1. The second-order valence-corrected chi connectivity index (χ2v) is 5.76. The first-order chi connectivity index (χ1) is 10.1. The molecule has 21 heavy (non-hydrogen) atoms. The summed E-state index contributed by atoms with van der Waals surface area (Å²) in [6, 6.07) is 1.69. The third kappa shape index (κ3) is 4.08. The van der Waals surface area contributed by atoms with Crippen LogP contribution in [0.1, 0.15) is 42.5 Å². The van der Waals surface area contributed by atoms with Crippen molar-refractivity contribution in [3.8, 4) is 0 Å². The van der Waals surface area contributed by atoms with Crippen molar-refractivity contribution in [1.29, 1.82) is 0 Å². The maximum atomic E-state index is 12.6. The molecule has 6 heteroatoms. The Hall–Kier alpha value is -1.33. The Morgan fingerprint density at radius 3 is 3.05 bits per heavy atom. The lowest BCUT2D eigenvalue weighted by atomic mass is 9.97. The predicted molar refractivity (Wildman–Crippen MR) is 81.9 cm³/mol. The van der Waals surface area contributed by atoms with E-state index >= 15 is 0 Å². The molecule has 1 atom stereocenters. The zero-order valence-electron chi connectivity index (χ0n) is 12.2.